The Morgan fingerprint density at radius 2 is 1.95 bits per heavy atom. The third-order valence-electron chi connectivity index (χ3n) is 3.95. The molecule has 0 radical (unpaired) electrons. The summed E-state index contributed by atoms with van der Waals surface area (Å²) in [6, 6.07) is 6.90. The Morgan fingerprint density at radius 1 is 1.27 bits per heavy atom. The molecule has 1 heterocycles. The standard InChI is InChI=1S/C18H23NO2S/c1-4-6-7-17-14-16(5-2)12-13-19(17)22(20,21)18-10-8-15(3)9-11-18/h4-5,8-11,14,17H,1-2,6-7,12-13H2,3H3. The van der Waals surface area contributed by atoms with Crippen LogP contribution in [0.1, 0.15) is 24.8 Å². The van der Waals surface area contributed by atoms with Gasteiger partial charge in [-0.1, -0.05) is 42.5 Å². The van der Waals surface area contributed by atoms with E-state index in [0.717, 1.165) is 24.0 Å². The van der Waals surface area contributed by atoms with Gasteiger partial charge in [0.25, 0.3) is 0 Å². The van der Waals surface area contributed by atoms with Crippen LogP contribution in [0.2, 0.25) is 0 Å². The molecule has 3 nitrogen and oxygen atoms in total. The molecule has 0 amide bonds. The number of allylic oxidation sites excluding steroid dienone is 2. The summed E-state index contributed by atoms with van der Waals surface area (Å²) in [6.45, 7) is 9.97. The molecule has 0 aliphatic carbocycles. The van der Waals surface area contributed by atoms with E-state index in [1.54, 1.807) is 16.4 Å². The molecule has 1 aliphatic rings. The maximum atomic E-state index is 12.9. The zero-order valence-electron chi connectivity index (χ0n) is 13.0. The molecule has 0 spiro atoms. The number of hydrogen-bond donors (Lipinski definition) is 0. The quantitative estimate of drug-likeness (QED) is 0.748. The molecule has 4 heteroatoms. The molecule has 1 aromatic carbocycles. The molecule has 22 heavy (non-hydrogen) atoms. The van der Waals surface area contributed by atoms with Gasteiger partial charge in [0.15, 0.2) is 0 Å². The summed E-state index contributed by atoms with van der Waals surface area (Å²) < 4.78 is 27.4. The minimum Gasteiger partial charge on any atom is -0.207 e. The summed E-state index contributed by atoms with van der Waals surface area (Å²) >= 11 is 0. The number of hydrogen-bond acceptors (Lipinski definition) is 2. The van der Waals surface area contributed by atoms with E-state index >= 15 is 0 Å². The zero-order valence-corrected chi connectivity index (χ0v) is 13.8. The lowest BCUT2D eigenvalue weighted by Crippen LogP contribution is -2.42. The maximum Gasteiger partial charge on any atom is 0.243 e. The van der Waals surface area contributed by atoms with Crippen molar-refractivity contribution in [3.63, 3.8) is 0 Å². The second kappa shape index (κ2) is 7.07. The second-order valence-electron chi connectivity index (χ2n) is 5.56. The lowest BCUT2D eigenvalue weighted by molar-refractivity contribution is 0.337. The third kappa shape index (κ3) is 3.57. The normalized spacial score (nSPS) is 19.5. The van der Waals surface area contributed by atoms with Crippen LogP contribution in [0.25, 0.3) is 0 Å². The van der Waals surface area contributed by atoms with Gasteiger partial charge in [0.1, 0.15) is 0 Å². The topological polar surface area (TPSA) is 37.4 Å². The second-order valence-corrected chi connectivity index (χ2v) is 7.45. The fourth-order valence-corrected chi connectivity index (χ4v) is 4.25. The fraction of sp³-hybridized carbons (Fsp3) is 0.333. The zero-order chi connectivity index (χ0) is 16.2. The first-order valence-corrected chi connectivity index (χ1v) is 8.95. The summed E-state index contributed by atoms with van der Waals surface area (Å²) in [5.74, 6) is 0. The number of rotatable bonds is 6. The highest BCUT2D eigenvalue weighted by atomic mass is 32.2. The number of sulfonamides is 1. The van der Waals surface area contributed by atoms with E-state index in [0.29, 0.717) is 17.9 Å². The van der Waals surface area contributed by atoms with Crippen LogP contribution in [0.4, 0.5) is 0 Å². The monoisotopic (exact) mass is 317 g/mol. The van der Waals surface area contributed by atoms with Crippen molar-refractivity contribution in [1.82, 2.24) is 4.31 Å². The number of aryl methyl sites for hydroxylation is 1. The fourth-order valence-electron chi connectivity index (χ4n) is 2.65. The molecule has 1 unspecified atom stereocenters. The lowest BCUT2D eigenvalue weighted by Gasteiger charge is -2.33. The van der Waals surface area contributed by atoms with Crippen molar-refractivity contribution in [1.29, 1.82) is 0 Å². The lowest BCUT2D eigenvalue weighted by atomic mass is 10.0. The van der Waals surface area contributed by atoms with E-state index in [4.69, 9.17) is 0 Å². The van der Waals surface area contributed by atoms with Gasteiger partial charge >= 0.3 is 0 Å². The number of nitrogens with zero attached hydrogens (tertiary/aromatic N) is 1. The van der Waals surface area contributed by atoms with Gasteiger partial charge < -0.3 is 0 Å². The van der Waals surface area contributed by atoms with Crippen LogP contribution in [0.5, 0.6) is 0 Å². The molecular formula is C18H23NO2S. The van der Waals surface area contributed by atoms with Gasteiger partial charge in [-0.15, -0.1) is 6.58 Å². The van der Waals surface area contributed by atoms with Gasteiger partial charge in [-0.05, 0) is 43.9 Å². The van der Waals surface area contributed by atoms with E-state index in [1.807, 2.05) is 37.3 Å². The van der Waals surface area contributed by atoms with Crippen LogP contribution in [0.3, 0.4) is 0 Å². The van der Waals surface area contributed by atoms with Crippen molar-refractivity contribution in [3.05, 3.63) is 66.8 Å². The van der Waals surface area contributed by atoms with Gasteiger partial charge in [0, 0.05) is 12.6 Å². The minimum absolute atomic E-state index is 0.133. The molecule has 1 aliphatic heterocycles. The molecule has 2 rings (SSSR count). The highest BCUT2D eigenvalue weighted by molar-refractivity contribution is 7.89. The van der Waals surface area contributed by atoms with Crippen molar-refractivity contribution < 1.29 is 8.42 Å². The van der Waals surface area contributed by atoms with Crippen LogP contribution in [0.15, 0.2) is 66.1 Å². The van der Waals surface area contributed by atoms with E-state index in [-0.39, 0.29) is 6.04 Å². The Hall–Kier alpha value is -1.65. The molecular weight excluding hydrogens is 294 g/mol. The van der Waals surface area contributed by atoms with Crippen LogP contribution in [-0.4, -0.2) is 25.3 Å². The first-order chi connectivity index (χ1) is 10.5. The SMILES string of the molecule is C=CCCC1C=C(C=C)CCN1S(=O)(=O)c1ccc(C)cc1. The smallest absolute Gasteiger partial charge is 0.207 e. The first kappa shape index (κ1) is 16.7. The Morgan fingerprint density at radius 3 is 2.55 bits per heavy atom. The summed E-state index contributed by atoms with van der Waals surface area (Å²) in [7, 11) is -3.47. The summed E-state index contributed by atoms with van der Waals surface area (Å²) in [4.78, 5) is 0.358. The van der Waals surface area contributed by atoms with E-state index in [2.05, 4.69) is 13.2 Å². The molecule has 0 N–H and O–H groups in total. The summed E-state index contributed by atoms with van der Waals surface area (Å²) in [5, 5.41) is 0. The molecule has 0 fully saturated rings. The molecule has 0 aromatic heterocycles. The molecule has 0 saturated carbocycles. The molecule has 0 bridgehead atoms. The van der Waals surface area contributed by atoms with E-state index < -0.39 is 10.0 Å². The highest BCUT2D eigenvalue weighted by Crippen LogP contribution is 2.27. The Labute approximate surface area is 133 Å². The van der Waals surface area contributed by atoms with Crippen molar-refractivity contribution in [2.45, 2.75) is 37.1 Å². The summed E-state index contributed by atoms with van der Waals surface area (Å²) in [5.41, 5.74) is 2.17. The Bertz CT molecular complexity index is 672. The average Bonchev–Trinajstić information content (AvgIpc) is 2.53. The van der Waals surface area contributed by atoms with Crippen LogP contribution in [-0.2, 0) is 10.0 Å². The van der Waals surface area contributed by atoms with Crippen LogP contribution < -0.4 is 0 Å². The molecule has 1 atom stereocenters. The Balaban J connectivity index is 2.35. The minimum atomic E-state index is -3.47. The molecule has 0 saturated heterocycles. The highest BCUT2D eigenvalue weighted by Gasteiger charge is 2.32. The van der Waals surface area contributed by atoms with Gasteiger partial charge in [-0.25, -0.2) is 8.42 Å². The van der Waals surface area contributed by atoms with Crippen molar-refractivity contribution >= 4 is 10.0 Å². The van der Waals surface area contributed by atoms with Gasteiger partial charge in [-0.3, -0.25) is 0 Å². The first-order valence-electron chi connectivity index (χ1n) is 7.51. The summed E-state index contributed by atoms with van der Waals surface area (Å²) in [6.07, 6.45) is 7.89. The van der Waals surface area contributed by atoms with Gasteiger partial charge in [0.2, 0.25) is 10.0 Å². The van der Waals surface area contributed by atoms with Crippen molar-refractivity contribution in [3.8, 4) is 0 Å². The van der Waals surface area contributed by atoms with Crippen molar-refractivity contribution in [2.75, 3.05) is 6.54 Å². The predicted octanol–water partition coefficient (Wildman–Crippen LogP) is 3.84. The molecule has 118 valence electrons. The van der Waals surface area contributed by atoms with E-state index in [1.165, 1.54) is 0 Å². The maximum absolute atomic E-state index is 12.9. The largest absolute Gasteiger partial charge is 0.243 e. The molecule has 1 aromatic rings. The Kier molecular flexibility index (Phi) is 5.37. The van der Waals surface area contributed by atoms with Crippen molar-refractivity contribution in [2.24, 2.45) is 0 Å². The van der Waals surface area contributed by atoms with Gasteiger partial charge in [-0.2, -0.15) is 4.31 Å². The van der Waals surface area contributed by atoms with Crippen LogP contribution in [0, 0.1) is 6.92 Å². The predicted molar refractivity (Wildman–Crippen MR) is 91.2 cm³/mol. The number of benzene rings is 1. The average molecular weight is 317 g/mol. The third-order valence-corrected chi connectivity index (χ3v) is 5.89. The van der Waals surface area contributed by atoms with E-state index in [9.17, 15) is 8.42 Å². The van der Waals surface area contributed by atoms with Gasteiger partial charge in [0.05, 0.1) is 4.90 Å². The van der Waals surface area contributed by atoms with Crippen LogP contribution >= 0.6 is 0 Å².